The van der Waals surface area contributed by atoms with Gasteiger partial charge < -0.3 is 14.8 Å². The summed E-state index contributed by atoms with van der Waals surface area (Å²) in [6.07, 6.45) is 2.82. The minimum Gasteiger partial charge on any atom is -0.497 e. The Hall–Kier alpha value is -2.79. The summed E-state index contributed by atoms with van der Waals surface area (Å²) in [6, 6.07) is 14.4. The highest BCUT2D eigenvalue weighted by atomic mass is 35.5. The standard InChI is InChI=1S/C19H18ClNO4/c1-24-17-7-3-5-15(11-17)12-21-18(22)13-25-19(23)9-8-14-4-2-6-16(20)10-14/h2-11H,12-13H2,1H3,(H,21,22)/b9-8+. The molecule has 0 saturated heterocycles. The lowest BCUT2D eigenvalue weighted by atomic mass is 10.2. The summed E-state index contributed by atoms with van der Waals surface area (Å²) in [4.78, 5) is 23.4. The quantitative estimate of drug-likeness (QED) is 0.609. The van der Waals surface area contributed by atoms with Crippen LogP contribution in [0.15, 0.2) is 54.6 Å². The van der Waals surface area contributed by atoms with Crippen LogP contribution < -0.4 is 10.1 Å². The molecule has 2 aromatic carbocycles. The van der Waals surface area contributed by atoms with Gasteiger partial charge >= 0.3 is 5.97 Å². The average molecular weight is 360 g/mol. The summed E-state index contributed by atoms with van der Waals surface area (Å²) < 4.78 is 10.0. The van der Waals surface area contributed by atoms with Crippen LogP contribution in [-0.4, -0.2) is 25.6 Å². The van der Waals surface area contributed by atoms with Gasteiger partial charge in [-0.25, -0.2) is 4.79 Å². The van der Waals surface area contributed by atoms with E-state index in [0.717, 1.165) is 11.1 Å². The fourth-order valence-corrected chi connectivity index (χ4v) is 2.19. The highest BCUT2D eigenvalue weighted by molar-refractivity contribution is 6.30. The Morgan fingerprint density at radius 2 is 1.96 bits per heavy atom. The molecule has 0 aliphatic carbocycles. The van der Waals surface area contributed by atoms with Crippen LogP contribution in [0.1, 0.15) is 11.1 Å². The molecule has 6 heteroatoms. The first-order valence-electron chi connectivity index (χ1n) is 7.57. The Morgan fingerprint density at radius 1 is 1.16 bits per heavy atom. The summed E-state index contributed by atoms with van der Waals surface area (Å²) in [5, 5.41) is 3.25. The van der Waals surface area contributed by atoms with Crippen LogP contribution in [0.4, 0.5) is 0 Å². The van der Waals surface area contributed by atoms with E-state index < -0.39 is 5.97 Å². The Labute approximate surface area is 151 Å². The van der Waals surface area contributed by atoms with Gasteiger partial charge in [-0.1, -0.05) is 35.9 Å². The molecule has 0 spiro atoms. The molecule has 0 aliphatic heterocycles. The Bertz CT molecular complexity index is 774. The summed E-state index contributed by atoms with van der Waals surface area (Å²) in [5.74, 6) is -0.270. The number of hydrogen-bond donors (Lipinski definition) is 1. The van der Waals surface area contributed by atoms with Crippen molar-refractivity contribution in [2.24, 2.45) is 0 Å². The fraction of sp³-hybridized carbons (Fsp3) is 0.158. The van der Waals surface area contributed by atoms with Crippen LogP contribution in [-0.2, 0) is 20.9 Å². The Balaban J connectivity index is 1.74. The minimum atomic E-state index is -0.600. The van der Waals surface area contributed by atoms with Crippen LogP contribution in [0.3, 0.4) is 0 Å². The molecule has 2 rings (SSSR count). The molecule has 0 radical (unpaired) electrons. The van der Waals surface area contributed by atoms with Crippen molar-refractivity contribution >= 4 is 29.6 Å². The highest BCUT2D eigenvalue weighted by Gasteiger charge is 2.05. The first-order valence-corrected chi connectivity index (χ1v) is 7.94. The molecule has 0 saturated carbocycles. The molecule has 0 unspecified atom stereocenters. The zero-order valence-electron chi connectivity index (χ0n) is 13.7. The number of methoxy groups -OCH3 is 1. The fourth-order valence-electron chi connectivity index (χ4n) is 1.99. The number of esters is 1. The summed E-state index contributed by atoms with van der Waals surface area (Å²) in [5.41, 5.74) is 1.66. The molecule has 130 valence electrons. The first kappa shape index (κ1) is 18.5. The molecular formula is C19H18ClNO4. The molecule has 1 N–H and O–H groups in total. The topological polar surface area (TPSA) is 64.6 Å². The number of rotatable bonds is 7. The minimum absolute atomic E-state index is 0.325. The second-order valence-corrected chi connectivity index (χ2v) is 5.56. The van der Waals surface area contributed by atoms with E-state index in [1.807, 2.05) is 24.3 Å². The number of carbonyl (C=O) groups excluding carboxylic acids is 2. The van der Waals surface area contributed by atoms with E-state index in [9.17, 15) is 9.59 Å². The number of hydrogen-bond acceptors (Lipinski definition) is 4. The summed E-state index contributed by atoms with van der Waals surface area (Å²) >= 11 is 5.86. The van der Waals surface area contributed by atoms with E-state index in [1.54, 1.807) is 37.5 Å². The van der Waals surface area contributed by atoms with Crippen molar-refractivity contribution in [2.75, 3.05) is 13.7 Å². The second kappa shape index (κ2) is 9.49. The highest BCUT2D eigenvalue weighted by Crippen LogP contribution is 2.12. The third kappa shape index (κ3) is 6.69. The van der Waals surface area contributed by atoms with E-state index in [-0.39, 0.29) is 12.5 Å². The number of nitrogens with one attached hydrogen (secondary N) is 1. The van der Waals surface area contributed by atoms with Gasteiger partial charge in [0.2, 0.25) is 0 Å². The van der Waals surface area contributed by atoms with E-state index in [4.69, 9.17) is 21.1 Å². The largest absolute Gasteiger partial charge is 0.497 e. The van der Waals surface area contributed by atoms with Gasteiger partial charge in [-0.15, -0.1) is 0 Å². The molecule has 0 bridgehead atoms. The first-order chi connectivity index (χ1) is 12.1. The SMILES string of the molecule is COc1cccc(CNC(=O)COC(=O)/C=C/c2cccc(Cl)c2)c1. The van der Waals surface area contributed by atoms with E-state index in [2.05, 4.69) is 5.32 Å². The maximum atomic E-state index is 11.7. The molecule has 1 amide bonds. The van der Waals surface area contributed by atoms with Crippen LogP contribution in [0.2, 0.25) is 5.02 Å². The van der Waals surface area contributed by atoms with Gasteiger partial charge in [0.05, 0.1) is 7.11 Å². The average Bonchev–Trinajstić information content (AvgIpc) is 2.63. The van der Waals surface area contributed by atoms with Crippen molar-refractivity contribution in [3.8, 4) is 5.75 Å². The lowest BCUT2D eigenvalue weighted by Crippen LogP contribution is -2.28. The third-order valence-electron chi connectivity index (χ3n) is 3.23. The van der Waals surface area contributed by atoms with Gasteiger partial charge in [0.1, 0.15) is 5.75 Å². The van der Waals surface area contributed by atoms with Gasteiger partial charge in [0.25, 0.3) is 5.91 Å². The molecule has 2 aromatic rings. The van der Waals surface area contributed by atoms with Crippen molar-refractivity contribution in [3.63, 3.8) is 0 Å². The van der Waals surface area contributed by atoms with E-state index >= 15 is 0 Å². The van der Waals surface area contributed by atoms with Crippen molar-refractivity contribution in [3.05, 3.63) is 70.8 Å². The van der Waals surface area contributed by atoms with Crippen molar-refractivity contribution < 1.29 is 19.1 Å². The molecule has 0 heterocycles. The molecule has 25 heavy (non-hydrogen) atoms. The Kier molecular flexibility index (Phi) is 7.04. The predicted octanol–water partition coefficient (Wildman–Crippen LogP) is 3.22. The van der Waals surface area contributed by atoms with Crippen LogP contribution in [0.25, 0.3) is 6.08 Å². The second-order valence-electron chi connectivity index (χ2n) is 5.12. The number of amides is 1. The van der Waals surface area contributed by atoms with Gasteiger partial charge in [0, 0.05) is 17.6 Å². The summed E-state index contributed by atoms with van der Waals surface area (Å²) in [7, 11) is 1.58. The lowest BCUT2D eigenvalue weighted by Gasteiger charge is -2.07. The molecule has 0 aromatic heterocycles. The molecule has 0 fully saturated rings. The lowest BCUT2D eigenvalue weighted by molar-refractivity contribution is -0.143. The van der Waals surface area contributed by atoms with Gasteiger partial charge in [-0.05, 0) is 41.5 Å². The molecule has 0 atom stereocenters. The van der Waals surface area contributed by atoms with Gasteiger partial charge in [-0.2, -0.15) is 0 Å². The van der Waals surface area contributed by atoms with Crippen LogP contribution >= 0.6 is 11.6 Å². The van der Waals surface area contributed by atoms with Crippen molar-refractivity contribution in [2.45, 2.75) is 6.54 Å². The van der Waals surface area contributed by atoms with Crippen LogP contribution in [0, 0.1) is 0 Å². The predicted molar refractivity (Wildman–Crippen MR) is 96.3 cm³/mol. The molecule has 0 aliphatic rings. The van der Waals surface area contributed by atoms with Crippen molar-refractivity contribution in [1.29, 1.82) is 0 Å². The van der Waals surface area contributed by atoms with Gasteiger partial charge in [-0.3, -0.25) is 4.79 Å². The molecular weight excluding hydrogens is 342 g/mol. The van der Waals surface area contributed by atoms with E-state index in [0.29, 0.717) is 17.3 Å². The molecule has 5 nitrogen and oxygen atoms in total. The van der Waals surface area contributed by atoms with Gasteiger partial charge in [0.15, 0.2) is 6.61 Å². The monoisotopic (exact) mass is 359 g/mol. The third-order valence-corrected chi connectivity index (χ3v) is 3.46. The smallest absolute Gasteiger partial charge is 0.331 e. The number of ether oxygens (including phenoxy) is 2. The number of carbonyl (C=O) groups is 2. The normalized spacial score (nSPS) is 10.5. The maximum Gasteiger partial charge on any atom is 0.331 e. The number of benzene rings is 2. The van der Waals surface area contributed by atoms with E-state index in [1.165, 1.54) is 6.08 Å². The van der Waals surface area contributed by atoms with Crippen LogP contribution in [0.5, 0.6) is 5.75 Å². The zero-order chi connectivity index (χ0) is 18.1. The Morgan fingerprint density at radius 3 is 2.72 bits per heavy atom. The van der Waals surface area contributed by atoms with Crippen molar-refractivity contribution in [1.82, 2.24) is 5.32 Å². The number of halogens is 1. The summed E-state index contributed by atoms with van der Waals surface area (Å²) in [6.45, 7) is -0.0192. The maximum absolute atomic E-state index is 11.7. The zero-order valence-corrected chi connectivity index (χ0v) is 14.5.